The molecule has 0 saturated carbocycles. The van der Waals surface area contributed by atoms with Crippen LogP contribution in [-0.4, -0.2) is 41.0 Å². The molecule has 4 nitrogen and oxygen atoms in total. The van der Waals surface area contributed by atoms with Crippen LogP contribution in [0.25, 0.3) is 0 Å². The van der Waals surface area contributed by atoms with Crippen LogP contribution in [0.2, 0.25) is 5.15 Å². The van der Waals surface area contributed by atoms with Crippen LogP contribution in [0.3, 0.4) is 0 Å². The zero-order valence-electron chi connectivity index (χ0n) is 13.1. The average Bonchev–Trinajstić information content (AvgIpc) is 2.81. The molecule has 0 saturated heterocycles. The molecule has 5 heteroatoms. The lowest BCUT2D eigenvalue weighted by atomic mass is 10.2. The first-order chi connectivity index (χ1) is 9.71. The summed E-state index contributed by atoms with van der Waals surface area (Å²) < 4.78 is 0. The van der Waals surface area contributed by atoms with Gasteiger partial charge in [0.05, 0.1) is 5.69 Å². The molecule has 0 bridgehead atoms. The Labute approximate surface area is 128 Å². The topological polar surface area (TPSA) is 44.0 Å². The summed E-state index contributed by atoms with van der Waals surface area (Å²) in [6, 6.07) is 0. The van der Waals surface area contributed by atoms with E-state index in [-0.39, 0.29) is 0 Å². The Morgan fingerprint density at radius 1 is 1.20 bits per heavy atom. The molecule has 20 heavy (non-hydrogen) atoms. The molecule has 1 heterocycles. The summed E-state index contributed by atoms with van der Waals surface area (Å²) in [6.07, 6.45) is 4.48. The molecule has 0 unspecified atom stereocenters. The number of nitrogens with zero attached hydrogens (tertiary/aromatic N) is 2. The molecule has 0 spiro atoms. The molecule has 0 fully saturated rings. The van der Waals surface area contributed by atoms with Crippen LogP contribution in [0.4, 0.5) is 0 Å². The minimum absolute atomic E-state index is 0.618. The fraction of sp³-hybridized carbons (Fsp3) is 0.800. The predicted molar refractivity (Wildman–Crippen MR) is 86.3 cm³/mol. The number of unbranched alkanes of at least 4 members (excludes halogenated alkanes) is 1. The van der Waals surface area contributed by atoms with E-state index in [1.54, 1.807) is 0 Å². The lowest BCUT2D eigenvalue weighted by molar-refractivity contribution is 0.298. The number of aromatic nitrogens is 2. The highest BCUT2D eigenvalue weighted by Gasteiger charge is 2.07. The van der Waals surface area contributed by atoms with E-state index >= 15 is 0 Å². The van der Waals surface area contributed by atoms with Crippen molar-refractivity contribution in [2.24, 2.45) is 0 Å². The summed E-state index contributed by atoms with van der Waals surface area (Å²) in [5.74, 6) is 1.01. The minimum atomic E-state index is 0.618. The smallest absolute Gasteiger partial charge is 0.151 e. The summed E-state index contributed by atoms with van der Waals surface area (Å²) in [6.45, 7) is 11.8. The van der Waals surface area contributed by atoms with Gasteiger partial charge in [0.2, 0.25) is 0 Å². The number of imidazole rings is 1. The van der Waals surface area contributed by atoms with E-state index in [0.29, 0.717) is 5.15 Å². The Hall–Kier alpha value is -0.580. The van der Waals surface area contributed by atoms with Crippen molar-refractivity contribution in [3.8, 4) is 0 Å². The maximum Gasteiger partial charge on any atom is 0.151 e. The minimum Gasteiger partial charge on any atom is -0.344 e. The Balaban J connectivity index is 2.23. The van der Waals surface area contributed by atoms with Crippen molar-refractivity contribution in [3.63, 3.8) is 0 Å². The maximum atomic E-state index is 6.14. The Kier molecular flexibility index (Phi) is 8.90. The van der Waals surface area contributed by atoms with Gasteiger partial charge in [-0.2, -0.15) is 0 Å². The molecule has 0 aromatic carbocycles. The van der Waals surface area contributed by atoms with Crippen molar-refractivity contribution in [1.29, 1.82) is 0 Å². The summed E-state index contributed by atoms with van der Waals surface area (Å²) >= 11 is 6.14. The fourth-order valence-corrected chi connectivity index (χ4v) is 2.42. The van der Waals surface area contributed by atoms with Gasteiger partial charge >= 0.3 is 0 Å². The normalized spacial score (nSPS) is 11.4. The number of rotatable bonds is 11. The van der Waals surface area contributed by atoms with Gasteiger partial charge < -0.3 is 15.2 Å². The second-order valence-electron chi connectivity index (χ2n) is 5.11. The van der Waals surface area contributed by atoms with Crippen LogP contribution in [0, 0.1) is 0 Å². The zero-order chi connectivity index (χ0) is 14.8. The molecule has 0 atom stereocenters. The Morgan fingerprint density at radius 3 is 2.60 bits per heavy atom. The van der Waals surface area contributed by atoms with Gasteiger partial charge in [-0.05, 0) is 39.0 Å². The van der Waals surface area contributed by atoms with Gasteiger partial charge in [-0.15, -0.1) is 0 Å². The van der Waals surface area contributed by atoms with Crippen LogP contribution in [-0.2, 0) is 13.0 Å². The van der Waals surface area contributed by atoms with Crippen molar-refractivity contribution in [3.05, 3.63) is 16.7 Å². The number of nitrogens with one attached hydrogen (secondary N) is 2. The van der Waals surface area contributed by atoms with E-state index in [4.69, 9.17) is 11.6 Å². The highest BCUT2D eigenvalue weighted by molar-refractivity contribution is 6.30. The monoisotopic (exact) mass is 300 g/mol. The lowest BCUT2D eigenvalue weighted by Gasteiger charge is -2.17. The Bertz CT molecular complexity index is 361. The molecule has 0 aliphatic heterocycles. The number of halogens is 1. The molecule has 1 aromatic rings. The Morgan fingerprint density at radius 2 is 1.95 bits per heavy atom. The summed E-state index contributed by atoms with van der Waals surface area (Å²) in [7, 11) is 0. The van der Waals surface area contributed by atoms with Crippen molar-refractivity contribution in [2.45, 2.75) is 53.0 Å². The molecule has 0 amide bonds. The van der Waals surface area contributed by atoms with Crippen molar-refractivity contribution in [2.75, 3.05) is 26.2 Å². The van der Waals surface area contributed by atoms with Gasteiger partial charge in [-0.3, -0.25) is 0 Å². The van der Waals surface area contributed by atoms with Crippen molar-refractivity contribution in [1.82, 2.24) is 20.2 Å². The molecule has 0 radical (unpaired) electrons. The van der Waals surface area contributed by atoms with Crippen LogP contribution in [0.15, 0.2) is 0 Å². The number of hydrogen-bond donors (Lipinski definition) is 2. The van der Waals surface area contributed by atoms with Crippen LogP contribution < -0.4 is 5.32 Å². The summed E-state index contributed by atoms with van der Waals surface area (Å²) in [5.41, 5.74) is 1.01. The summed E-state index contributed by atoms with van der Waals surface area (Å²) in [4.78, 5) is 10.1. The quantitative estimate of drug-likeness (QED) is 0.617. The first kappa shape index (κ1) is 17.5. The third-order valence-corrected chi connectivity index (χ3v) is 3.88. The molecule has 1 rings (SSSR count). The first-order valence-corrected chi connectivity index (χ1v) is 8.25. The molecular formula is C15H29ClN4. The van der Waals surface area contributed by atoms with Crippen LogP contribution >= 0.6 is 11.6 Å². The van der Waals surface area contributed by atoms with E-state index in [9.17, 15) is 0 Å². The molecular weight excluding hydrogens is 272 g/mol. The third-order valence-electron chi connectivity index (χ3n) is 3.57. The van der Waals surface area contributed by atoms with Crippen molar-refractivity contribution >= 4 is 11.6 Å². The largest absolute Gasteiger partial charge is 0.344 e. The number of aryl methyl sites for hydroxylation is 1. The predicted octanol–water partition coefficient (Wildman–Crippen LogP) is 3.23. The first-order valence-electron chi connectivity index (χ1n) is 7.87. The fourth-order valence-electron chi connectivity index (χ4n) is 2.20. The van der Waals surface area contributed by atoms with Crippen LogP contribution in [0.5, 0.6) is 0 Å². The zero-order valence-corrected chi connectivity index (χ0v) is 13.9. The SMILES string of the molecule is CCCCc1nc(Cl)c(CNCCCN(CC)CC)[nH]1. The van der Waals surface area contributed by atoms with Gasteiger partial charge in [0.15, 0.2) is 5.15 Å². The molecule has 0 aliphatic carbocycles. The molecule has 116 valence electrons. The van der Waals surface area contributed by atoms with E-state index in [0.717, 1.165) is 63.5 Å². The average molecular weight is 301 g/mol. The van der Waals surface area contributed by atoms with E-state index in [1.165, 1.54) is 6.42 Å². The highest BCUT2D eigenvalue weighted by Crippen LogP contribution is 2.13. The number of hydrogen-bond acceptors (Lipinski definition) is 3. The van der Waals surface area contributed by atoms with Gasteiger partial charge in [0, 0.05) is 13.0 Å². The number of aromatic amines is 1. The number of H-pyrrole nitrogens is 1. The molecule has 0 aliphatic rings. The van der Waals surface area contributed by atoms with Gasteiger partial charge in [-0.1, -0.05) is 38.8 Å². The second-order valence-corrected chi connectivity index (χ2v) is 5.47. The van der Waals surface area contributed by atoms with Crippen molar-refractivity contribution < 1.29 is 0 Å². The van der Waals surface area contributed by atoms with Gasteiger partial charge in [0.25, 0.3) is 0 Å². The van der Waals surface area contributed by atoms with Gasteiger partial charge in [-0.25, -0.2) is 4.98 Å². The molecule has 2 N–H and O–H groups in total. The van der Waals surface area contributed by atoms with E-state index in [2.05, 4.69) is 41.0 Å². The second kappa shape index (κ2) is 10.2. The van der Waals surface area contributed by atoms with E-state index < -0.39 is 0 Å². The maximum absolute atomic E-state index is 6.14. The van der Waals surface area contributed by atoms with Crippen LogP contribution in [0.1, 0.15) is 51.6 Å². The van der Waals surface area contributed by atoms with Gasteiger partial charge in [0.1, 0.15) is 5.82 Å². The van der Waals surface area contributed by atoms with E-state index in [1.807, 2.05) is 0 Å². The highest BCUT2D eigenvalue weighted by atomic mass is 35.5. The standard InChI is InChI=1S/C15H29ClN4/c1-4-7-9-14-18-13(15(16)19-14)12-17-10-8-11-20(5-2)6-3/h17H,4-12H2,1-3H3,(H,18,19). The summed E-state index contributed by atoms with van der Waals surface area (Å²) in [5, 5.41) is 4.05. The third kappa shape index (κ3) is 6.25. The molecule has 1 aromatic heterocycles. The lowest BCUT2D eigenvalue weighted by Crippen LogP contribution is -2.27.